The molecular formula is C44H51ClN2O7. The van der Waals surface area contributed by atoms with Crippen LogP contribution in [-0.2, 0) is 37.8 Å². The molecule has 4 N–H and O–H groups in total. The van der Waals surface area contributed by atoms with Gasteiger partial charge in [-0.1, -0.05) is 103 Å². The van der Waals surface area contributed by atoms with Crippen LogP contribution in [0.1, 0.15) is 98.0 Å². The van der Waals surface area contributed by atoms with Crippen molar-refractivity contribution in [2.24, 2.45) is 0 Å². The molecule has 10 heteroatoms. The molecule has 4 aromatic carbocycles. The molecule has 1 amide bonds. The van der Waals surface area contributed by atoms with E-state index >= 15 is 0 Å². The van der Waals surface area contributed by atoms with E-state index in [9.17, 15) is 19.8 Å². The van der Waals surface area contributed by atoms with E-state index in [-0.39, 0.29) is 31.1 Å². The van der Waals surface area contributed by atoms with Crippen molar-refractivity contribution >= 4 is 23.5 Å². The number of unbranched alkanes of at least 4 members (excludes halogenated alkanes) is 3. The lowest BCUT2D eigenvalue weighted by atomic mass is 9.84. The molecule has 0 bridgehead atoms. The topological polar surface area (TPSA) is 129 Å². The van der Waals surface area contributed by atoms with Crippen LogP contribution in [0.25, 0.3) is 11.1 Å². The fraction of sp³-hybridized carbons (Fsp3) is 0.409. The van der Waals surface area contributed by atoms with Crippen LogP contribution in [0.4, 0.5) is 0 Å². The highest BCUT2D eigenvalue weighted by atomic mass is 35.5. The summed E-state index contributed by atoms with van der Waals surface area (Å²) in [6.07, 6.45) is 4.72. The van der Waals surface area contributed by atoms with Crippen LogP contribution in [0.2, 0.25) is 5.02 Å². The molecule has 286 valence electrons. The molecule has 2 saturated heterocycles. The third-order valence-electron chi connectivity index (χ3n) is 10.6. The number of halogens is 1. The van der Waals surface area contributed by atoms with Crippen molar-refractivity contribution in [1.82, 2.24) is 10.2 Å². The van der Waals surface area contributed by atoms with Crippen molar-refractivity contribution in [2.45, 2.75) is 95.0 Å². The lowest BCUT2D eigenvalue weighted by Crippen LogP contribution is -2.46. The maximum absolute atomic E-state index is 12.4. The molecular weight excluding hydrogens is 704 g/mol. The molecule has 3 atom stereocenters. The molecule has 0 unspecified atom stereocenters. The van der Waals surface area contributed by atoms with Gasteiger partial charge in [0.15, 0.2) is 6.29 Å². The molecule has 4 aromatic rings. The Morgan fingerprint density at radius 1 is 0.796 bits per heavy atom. The van der Waals surface area contributed by atoms with Crippen molar-refractivity contribution in [2.75, 3.05) is 19.6 Å². The number of aliphatic hydroxyl groups excluding tert-OH is 1. The Bertz CT molecular complexity index is 1810. The van der Waals surface area contributed by atoms with E-state index < -0.39 is 17.9 Å². The number of piperidine rings is 1. The second kappa shape index (κ2) is 19.0. The average molecular weight is 755 g/mol. The number of carboxylic acid groups (broad SMARTS) is 1. The molecule has 54 heavy (non-hydrogen) atoms. The zero-order valence-electron chi connectivity index (χ0n) is 30.7. The first-order valence-corrected chi connectivity index (χ1v) is 19.4. The second-order valence-corrected chi connectivity index (χ2v) is 15.0. The van der Waals surface area contributed by atoms with E-state index in [0.717, 1.165) is 77.8 Å². The number of carbonyl (C=O) groups excluding carboxylic acids is 1. The third-order valence-corrected chi connectivity index (χ3v) is 10.9. The van der Waals surface area contributed by atoms with Crippen molar-refractivity contribution in [3.63, 3.8) is 0 Å². The zero-order chi connectivity index (χ0) is 37.9. The smallest absolute Gasteiger partial charge is 0.303 e. The van der Waals surface area contributed by atoms with E-state index in [2.05, 4.69) is 34.5 Å². The van der Waals surface area contributed by atoms with E-state index in [1.807, 2.05) is 72.8 Å². The molecule has 0 aromatic heterocycles. The number of hydrogen-bond donors (Lipinski definition) is 4. The Morgan fingerprint density at radius 2 is 1.48 bits per heavy atom. The highest BCUT2D eigenvalue weighted by molar-refractivity contribution is 6.30. The monoisotopic (exact) mass is 754 g/mol. The van der Waals surface area contributed by atoms with Gasteiger partial charge in [0.1, 0.15) is 0 Å². The first-order valence-electron chi connectivity index (χ1n) is 19.1. The van der Waals surface area contributed by atoms with Gasteiger partial charge in [0.05, 0.1) is 24.4 Å². The molecule has 2 heterocycles. The molecule has 2 fully saturated rings. The lowest BCUT2D eigenvalue weighted by molar-refractivity contribution is -0.253. The molecule has 0 saturated carbocycles. The van der Waals surface area contributed by atoms with E-state index in [1.165, 1.54) is 0 Å². The van der Waals surface area contributed by atoms with Gasteiger partial charge in [-0.25, -0.2) is 0 Å². The van der Waals surface area contributed by atoms with Gasteiger partial charge in [0.2, 0.25) is 5.91 Å². The number of carboxylic acids is 1. The summed E-state index contributed by atoms with van der Waals surface area (Å²) >= 11 is 6.10. The number of carbonyl (C=O) groups is 2. The van der Waals surface area contributed by atoms with Crippen molar-refractivity contribution < 1.29 is 34.4 Å². The zero-order valence-corrected chi connectivity index (χ0v) is 31.4. The summed E-state index contributed by atoms with van der Waals surface area (Å²) in [7, 11) is 0. The van der Waals surface area contributed by atoms with E-state index in [0.29, 0.717) is 43.7 Å². The van der Waals surface area contributed by atoms with Gasteiger partial charge in [0, 0.05) is 56.0 Å². The summed E-state index contributed by atoms with van der Waals surface area (Å²) in [4.78, 5) is 25.4. The van der Waals surface area contributed by atoms with Crippen LogP contribution in [0.15, 0.2) is 97.1 Å². The molecule has 0 aliphatic carbocycles. The summed E-state index contributed by atoms with van der Waals surface area (Å²) in [5.74, 6) is -0.782. The minimum Gasteiger partial charge on any atom is -0.481 e. The van der Waals surface area contributed by atoms with E-state index in [1.54, 1.807) is 0 Å². The number of nitrogens with zero attached hydrogens (tertiary/aromatic N) is 1. The average Bonchev–Trinajstić information content (AvgIpc) is 3.19. The SMILES string of the molecule is O=C(O)CCCCCCC(=O)NCc1cccc(-c2ccc([C@@H]3O[C@H](CN4CCC(O)(c5ccc(Cl)cc5)CC4)C[C@H](c4ccc(CO)cc4)O3)cc2)c1. The van der Waals surface area contributed by atoms with Crippen molar-refractivity contribution in [3.05, 3.63) is 130 Å². The maximum atomic E-state index is 12.4. The fourth-order valence-corrected chi connectivity index (χ4v) is 7.50. The number of amides is 1. The highest BCUT2D eigenvalue weighted by Gasteiger charge is 2.37. The Labute approximate surface area is 322 Å². The molecule has 9 nitrogen and oxygen atoms in total. The van der Waals surface area contributed by atoms with Crippen LogP contribution >= 0.6 is 11.6 Å². The molecule has 0 radical (unpaired) electrons. The number of aliphatic hydroxyl groups is 2. The lowest BCUT2D eigenvalue weighted by Gasteiger charge is -2.42. The summed E-state index contributed by atoms with van der Waals surface area (Å²) in [6.45, 7) is 2.63. The number of hydrogen-bond acceptors (Lipinski definition) is 7. The predicted molar refractivity (Wildman–Crippen MR) is 209 cm³/mol. The van der Waals surface area contributed by atoms with Gasteiger partial charge in [-0.15, -0.1) is 0 Å². The van der Waals surface area contributed by atoms with Crippen LogP contribution in [0.3, 0.4) is 0 Å². The first kappa shape index (κ1) is 39.6. The van der Waals surface area contributed by atoms with Crippen LogP contribution in [0.5, 0.6) is 0 Å². The summed E-state index contributed by atoms with van der Waals surface area (Å²) in [5.41, 5.74) is 5.92. The van der Waals surface area contributed by atoms with Gasteiger partial charge in [-0.05, 0) is 77.3 Å². The Hall–Kier alpha value is -4.09. The van der Waals surface area contributed by atoms with Crippen LogP contribution in [-0.4, -0.2) is 57.8 Å². The van der Waals surface area contributed by atoms with Gasteiger partial charge >= 0.3 is 5.97 Å². The summed E-state index contributed by atoms with van der Waals surface area (Å²) < 4.78 is 13.3. The molecule has 2 aliphatic heterocycles. The maximum Gasteiger partial charge on any atom is 0.303 e. The molecule has 6 rings (SSSR count). The van der Waals surface area contributed by atoms with Gasteiger partial charge < -0.3 is 35.0 Å². The minimum atomic E-state index is -0.876. The number of ether oxygens (including phenoxy) is 2. The standard InChI is InChI=1S/C44H51ClN2O7/c45-38-20-18-37(19-21-38)44(52)22-24-47(25-23-44)29-39-27-40(34-12-10-31(30-48)11-13-34)54-43(53-39)35-16-14-33(15-17-35)36-7-5-6-32(26-36)28-46-41(49)8-3-1-2-4-9-42(50)51/h5-7,10-21,26,39-40,43,48,52H,1-4,8-9,22-25,27-30H2,(H,46,49)(H,50,51)/t39-,40+,43+/m0/s1. The largest absolute Gasteiger partial charge is 0.481 e. The van der Waals surface area contributed by atoms with Gasteiger partial charge in [-0.3, -0.25) is 9.59 Å². The Morgan fingerprint density at radius 3 is 2.17 bits per heavy atom. The van der Waals surface area contributed by atoms with E-state index in [4.69, 9.17) is 26.2 Å². The second-order valence-electron chi connectivity index (χ2n) is 14.6. The molecule has 2 aliphatic rings. The Kier molecular flexibility index (Phi) is 13.9. The Balaban J connectivity index is 1.07. The summed E-state index contributed by atoms with van der Waals surface area (Å²) in [5, 5.41) is 33.5. The van der Waals surface area contributed by atoms with Gasteiger partial charge in [-0.2, -0.15) is 0 Å². The van der Waals surface area contributed by atoms with Crippen molar-refractivity contribution in [1.29, 1.82) is 0 Å². The van der Waals surface area contributed by atoms with Crippen LogP contribution < -0.4 is 5.32 Å². The normalized spacial score (nSPS) is 20.0. The predicted octanol–water partition coefficient (Wildman–Crippen LogP) is 8.07. The quantitative estimate of drug-likeness (QED) is 0.0846. The summed E-state index contributed by atoms with van der Waals surface area (Å²) in [6, 6.07) is 31.8. The minimum absolute atomic E-state index is 0.00356. The number of aliphatic carboxylic acids is 1. The highest BCUT2D eigenvalue weighted by Crippen LogP contribution is 2.40. The first-order chi connectivity index (χ1) is 26.2. The fourth-order valence-electron chi connectivity index (χ4n) is 7.37. The molecule has 0 spiro atoms. The van der Waals surface area contributed by atoms with Crippen LogP contribution in [0, 0.1) is 0 Å². The number of nitrogens with one attached hydrogen (secondary N) is 1. The number of rotatable bonds is 16. The third kappa shape index (κ3) is 11.0. The number of benzene rings is 4. The van der Waals surface area contributed by atoms with Gasteiger partial charge in [0.25, 0.3) is 0 Å². The van der Waals surface area contributed by atoms with Crippen molar-refractivity contribution in [3.8, 4) is 11.1 Å². The number of likely N-dealkylation sites (tertiary alicyclic amines) is 1.